The summed E-state index contributed by atoms with van der Waals surface area (Å²) in [5.41, 5.74) is 7.54. The van der Waals surface area contributed by atoms with Gasteiger partial charge in [0.1, 0.15) is 5.65 Å². The van der Waals surface area contributed by atoms with Crippen molar-refractivity contribution in [2.45, 2.75) is 6.54 Å². The van der Waals surface area contributed by atoms with Gasteiger partial charge < -0.3 is 10.7 Å². The molecular formula is C15H12N4O. The van der Waals surface area contributed by atoms with Crippen molar-refractivity contribution < 1.29 is 0 Å². The van der Waals surface area contributed by atoms with E-state index in [0.717, 1.165) is 5.56 Å². The third kappa shape index (κ3) is 1.79. The van der Waals surface area contributed by atoms with Crippen LogP contribution in [-0.2, 0) is 6.54 Å². The molecule has 98 valence electrons. The number of rotatable bonds is 2. The lowest BCUT2D eigenvalue weighted by molar-refractivity contribution is 0.933. The topological polar surface area (TPSA) is 76.7 Å². The van der Waals surface area contributed by atoms with Crippen molar-refractivity contribution in [1.29, 1.82) is 0 Å². The van der Waals surface area contributed by atoms with E-state index >= 15 is 0 Å². The lowest BCUT2D eigenvalue weighted by atomic mass is 10.2. The Morgan fingerprint density at radius 2 is 2.05 bits per heavy atom. The maximum absolute atomic E-state index is 12.5. The van der Waals surface area contributed by atoms with E-state index in [1.54, 1.807) is 12.3 Å². The fourth-order valence-corrected chi connectivity index (χ4v) is 2.12. The van der Waals surface area contributed by atoms with Gasteiger partial charge >= 0.3 is 0 Å². The smallest absolute Gasteiger partial charge is 0.268 e. The van der Waals surface area contributed by atoms with Crippen molar-refractivity contribution in [2.24, 2.45) is 5.73 Å². The number of benzene rings is 1. The molecule has 3 rings (SSSR count). The summed E-state index contributed by atoms with van der Waals surface area (Å²) in [6.45, 7) is 0.451. The van der Waals surface area contributed by atoms with Crippen LogP contribution < -0.4 is 11.3 Å². The second-order valence-corrected chi connectivity index (χ2v) is 4.33. The van der Waals surface area contributed by atoms with Crippen molar-refractivity contribution in [3.8, 4) is 18.0 Å². The summed E-state index contributed by atoms with van der Waals surface area (Å²) >= 11 is 0. The Morgan fingerprint density at radius 3 is 2.70 bits per heavy atom. The number of nitrogens with two attached hydrogens (primary N) is 1. The van der Waals surface area contributed by atoms with Gasteiger partial charge in [0.25, 0.3) is 5.56 Å². The molecule has 2 aromatic heterocycles. The van der Waals surface area contributed by atoms with E-state index in [1.807, 2.05) is 24.3 Å². The molecule has 0 atom stereocenters. The van der Waals surface area contributed by atoms with E-state index in [0.29, 0.717) is 23.3 Å². The second kappa shape index (κ2) is 4.68. The number of aromatic nitrogens is 3. The number of nitrogens with one attached hydrogen (secondary N) is 1. The number of H-pyrrole nitrogens is 1. The van der Waals surface area contributed by atoms with Gasteiger partial charge in [0.2, 0.25) is 0 Å². The lowest BCUT2D eigenvalue weighted by Gasteiger charge is -2.09. The summed E-state index contributed by atoms with van der Waals surface area (Å²) in [7, 11) is 0. The van der Waals surface area contributed by atoms with Gasteiger partial charge in [0.15, 0.2) is 5.82 Å². The van der Waals surface area contributed by atoms with E-state index < -0.39 is 0 Å². The van der Waals surface area contributed by atoms with Crippen LogP contribution in [0.2, 0.25) is 0 Å². The first-order chi connectivity index (χ1) is 9.74. The SMILES string of the molecule is C#Cc1nc2[nH]ccc2c(=O)n1-c1ccc(CN)cc1. The average Bonchev–Trinajstić information content (AvgIpc) is 2.96. The van der Waals surface area contributed by atoms with Gasteiger partial charge in [-0.2, -0.15) is 0 Å². The predicted molar refractivity (Wildman–Crippen MR) is 77.5 cm³/mol. The van der Waals surface area contributed by atoms with Crippen LogP contribution in [0.4, 0.5) is 0 Å². The summed E-state index contributed by atoms with van der Waals surface area (Å²) in [6, 6.07) is 9.04. The van der Waals surface area contributed by atoms with Gasteiger partial charge in [-0.15, -0.1) is 6.42 Å². The van der Waals surface area contributed by atoms with Crippen LogP contribution in [0.15, 0.2) is 41.3 Å². The fraction of sp³-hybridized carbons (Fsp3) is 0.0667. The second-order valence-electron chi connectivity index (χ2n) is 4.33. The molecule has 5 nitrogen and oxygen atoms in total. The Labute approximate surface area is 115 Å². The molecular weight excluding hydrogens is 252 g/mol. The van der Waals surface area contributed by atoms with Crippen molar-refractivity contribution in [3.63, 3.8) is 0 Å². The molecule has 1 aromatic carbocycles. The Bertz CT molecular complexity index is 866. The van der Waals surface area contributed by atoms with Gasteiger partial charge in [-0.05, 0) is 29.7 Å². The summed E-state index contributed by atoms with van der Waals surface area (Å²) < 4.78 is 1.43. The minimum atomic E-state index is -0.190. The molecule has 0 amide bonds. The molecule has 0 bridgehead atoms. The summed E-state index contributed by atoms with van der Waals surface area (Å²) in [5, 5.41) is 0.506. The van der Waals surface area contributed by atoms with E-state index in [2.05, 4.69) is 15.9 Å². The molecule has 20 heavy (non-hydrogen) atoms. The van der Waals surface area contributed by atoms with Gasteiger partial charge in [0, 0.05) is 12.7 Å². The van der Waals surface area contributed by atoms with Crippen molar-refractivity contribution in [3.05, 3.63) is 58.3 Å². The molecule has 0 fully saturated rings. The van der Waals surface area contributed by atoms with Gasteiger partial charge in [-0.1, -0.05) is 12.1 Å². The average molecular weight is 264 g/mol. The third-order valence-electron chi connectivity index (χ3n) is 3.15. The highest BCUT2D eigenvalue weighted by Crippen LogP contribution is 2.12. The van der Waals surface area contributed by atoms with Crippen LogP contribution in [0.1, 0.15) is 11.4 Å². The van der Waals surface area contributed by atoms with E-state index in [-0.39, 0.29) is 11.4 Å². The molecule has 5 heteroatoms. The zero-order chi connectivity index (χ0) is 14.1. The third-order valence-corrected chi connectivity index (χ3v) is 3.15. The number of aromatic amines is 1. The standard InChI is InChI=1S/C15H12N4O/c1-2-13-18-14-12(7-8-17-14)15(20)19(13)11-5-3-10(9-16)4-6-11/h1,3-8,17H,9,16H2. The molecule has 0 saturated heterocycles. The zero-order valence-electron chi connectivity index (χ0n) is 10.6. The van der Waals surface area contributed by atoms with Gasteiger partial charge in [0.05, 0.1) is 11.1 Å². The molecule has 0 aliphatic carbocycles. The van der Waals surface area contributed by atoms with Crippen LogP contribution in [0.25, 0.3) is 16.7 Å². The Hall–Kier alpha value is -2.84. The fourth-order valence-electron chi connectivity index (χ4n) is 2.12. The number of fused-ring (bicyclic) bond motifs is 1. The molecule has 0 radical (unpaired) electrons. The normalized spacial score (nSPS) is 10.6. The highest BCUT2D eigenvalue weighted by molar-refractivity contribution is 5.75. The largest absolute Gasteiger partial charge is 0.346 e. The molecule has 0 saturated carbocycles. The summed E-state index contributed by atoms with van der Waals surface area (Å²) in [4.78, 5) is 19.7. The zero-order valence-corrected chi connectivity index (χ0v) is 10.6. The van der Waals surface area contributed by atoms with E-state index in [9.17, 15) is 4.79 Å². The molecule has 3 aromatic rings. The Morgan fingerprint density at radius 1 is 1.30 bits per heavy atom. The maximum Gasteiger partial charge on any atom is 0.268 e. The number of hydrogen-bond donors (Lipinski definition) is 2. The van der Waals surface area contributed by atoms with Crippen molar-refractivity contribution >= 4 is 11.0 Å². The minimum absolute atomic E-state index is 0.190. The van der Waals surface area contributed by atoms with Crippen LogP contribution in [0.5, 0.6) is 0 Å². The summed E-state index contributed by atoms with van der Waals surface area (Å²) in [6.07, 6.45) is 7.13. The first-order valence-corrected chi connectivity index (χ1v) is 6.10. The molecule has 2 heterocycles. The monoisotopic (exact) mass is 264 g/mol. The molecule has 0 spiro atoms. The van der Waals surface area contributed by atoms with Crippen LogP contribution in [-0.4, -0.2) is 14.5 Å². The van der Waals surface area contributed by atoms with Gasteiger partial charge in [-0.25, -0.2) is 4.98 Å². The number of terminal acetylenes is 1. The molecule has 0 aliphatic rings. The maximum atomic E-state index is 12.5. The minimum Gasteiger partial charge on any atom is -0.346 e. The number of hydrogen-bond acceptors (Lipinski definition) is 3. The van der Waals surface area contributed by atoms with Crippen LogP contribution in [0.3, 0.4) is 0 Å². The number of nitrogens with zero attached hydrogens (tertiary/aromatic N) is 2. The van der Waals surface area contributed by atoms with Crippen LogP contribution >= 0.6 is 0 Å². The molecule has 0 unspecified atom stereocenters. The van der Waals surface area contributed by atoms with Crippen LogP contribution in [0, 0.1) is 12.3 Å². The molecule has 0 aliphatic heterocycles. The predicted octanol–water partition coefficient (Wildman–Crippen LogP) is 1.15. The quantitative estimate of drug-likeness (QED) is 0.682. The highest BCUT2D eigenvalue weighted by atomic mass is 16.1. The Balaban J connectivity index is 2.31. The van der Waals surface area contributed by atoms with E-state index in [4.69, 9.17) is 12.2 Å². The van der Waals surface area contributed by atoms with Crippen molar-refractivity contribution in [1.82, 2.24) is 14.5 Å². The molecule has 3 N–H and O–H groups in total. The van der Waals surface area contributed by atoms with Crippen molar-refractivity contribution in [2.75, 3.05) is 0 Å². The van der Waals surface area contributed by atoms with E-state index in [1.165, 1.54) is 4.57 Å². The van der Waals surface area contributed by atoms with Gasteiger partial charge in [-0.3, -0.25) is 9.36 Å². The Kier molecular flexibility index (Phi) is 2.86. The first-order valence-electron chi connectivity index (χ1n) is 6.10. The summed E-state index contributed by atoms with van der Waals surface area (Å²) in [5.74, 6) is 2.72. The highest BCUT2D eigenvalue weighted by Gasteiger charge is 2.11. The first kappa shape index (κ1) is 12.2. The lowest BCUT2D eigenvalue weighted by Crippen LogP contribution is -2.22.